The van der Waals surface area contributed by atoms with Crippen LogP contribution >= 0.6 is 0 Å². The number of carboxylic acids is 1. The number of rotatable bonds is 8. The number of amides is 2. The summed E-state index contributed by atoms with van der Waals surface area (Å²) in [6, 6.07) is 5.51. The summed E-state index contributed by atoms with van der Waals surface area (Å²) in [5.41, 5.74) is -0.260. The van der Waals surface area contributed by atoms with Crippen LogP contribution in [-0.2, 0) is 24.4 Å². The van der Waals surface area contributed by atoms with E-state index in [0.717, 1.165) is 24.8 Å². The zero-order valence-corrected chi connectivity index (χ0v) is 21.6. The van der Waals surface area contributed by atoms with Gasteiger partial charge in [-0.25, -0.2) is 13.2 Å². The third kappa shape index (κ3) is 6.41. The first-order valence-electron chi connectivity index (χ1n) is 12.4. The normalized spacial score (nSPS) is 19.8. The number of sulfonamides is 1. The second kappa shape index (κ2) is 11.1. The Balaban J connectivity index is 1.61. The molecule has 2 aliphatic rings. The molecule has 0 radical (unpaired) electrons. The van der Waals surface area contributed by atoms with E-state index in [2.05, 4.69) is 10.0 Å². The Bertz CT molecular complexity index is 1020. The monoisotopic (exact) mass is 507 g/mol. The smallest absolute Gasteiger partial charge is 0.329 e. The zero-order valence-electron chi connectivity index (χ0n) is 20.7. The Morgan fingerprint density at radius 2 is 1.60 bits per heavy atom. The summed E-state index contributed by atoms with van der Waals surface area (Å²) < 4.78 is 28.3. The average Bonchev–Trinajstić information content (AvgIpc) is 2.83. The third-order valence-electron chi connectivity index (χ3n) is 7.20. The van der Waals surface area contributed by atoms with Crippen molar-refractivity contribution in [2.24, 2.45) is 11.8 Å². The minimum Gasteiger partial charge on any atom is -0.480 e. The van der Waals surface area contributed by atoms with E-state index in [0.29, 0.717) is 38.8 Å². The van der Waals surface area contributed by atoms with Crippen molar-refractivity contribution in [3.8, 4) is 0 Å². The highest BCUT2D eigenvalue weighted by molar-refractivity contribution is 7.89. The van der Waals surface area contributed by atoms with E-state index in [1.54, 1.807) is 30.9 Å². The van der Waals surface area contributed by atoms with Crippen LogP contribution in [-0.4, -0.2) is 60.9 Å². The van der Waals surface area contributed by atoms with Crippen LogP contribution in [0.1, 0.15) is 64.4 Å². The van der Waals surface area contributed by atoms with Crippen molar-refractivity contribution < 1.29 is 27.9 Å². The average molecular weight is 508 g/mol. The second-order valence-electron chi connectivity index (χ2n) is 10.2. The predicted octanol–water partition coefficient (Wildman–Crippen LogP) is 2.44. The van der Waals surface area contributed by atoms with E-state index < -0.39 is 27.6 Å². The summed E-state index contributed by atoms with van der Waals surface area (Å²) in [6.07, 6.45) is 4.19. The van der Waals surface area contributed by atoms with Crippen LogP contribution in [0.4, 0.5) is 0 Å². The molecule has 0 bridgehead atoms. The van der Waals surface area contributed by atoms with Gasteiger partial charge in [0.1, 0.15) is 11.6 Å². The van der Waals surface area contributed by atoms with Gasteiger partial charge >= 0.3 is 5.97 Å². The van der Waals surface area contributed by atoms with E-state index in [1.165, 1.54) is 12.1 Å². The van der Waals surface area contributed by atoms with Crippen molar-refractivity contribution in [3.63, 3.8) is 0 Å². The van der Waals surface area contributed by atoms with Gasteiger partial charge in [0, 0.05) is 19.0 Å². The number of aryl methyl sites for hydroxylation is 1. The zero-order chi connectivity index (χ0) is 25.8. The van der Waals surface area contributed by atoms with Crippen LogP contribution in [0.25, 0.3) is 0 Å². The summed E-state index contributed by atoms with van der Waals surface area (Å²) in [5, 5.41) is 12.5. The molecule has 35 heavy (non-hydrogen) atoms. The van der Waals surface area contributed by atoms with Gasteiger partial charge in [-0.1, -0.05) is 50.8 Å². The largest absolute Gasteiger partial charge is 0.480 e. The van der Waals surface area contributed by atoms with E-state index in [-0.39, 0.29) is 28.5 Å². The Kier molecular flexibility index (Phi) is 8.58. The minimum absolute atomic E-state index is 0.104. The summed E-state index contributed by atoms with van der Waals surface area (Å²) in [7, 11) is -3.88. The number of aliphatic carboxylic acids is 1. The number of nitrogens with zero attached hydrogens (tertiary/aromatic N) is 1. The van der Waals surface area contributed by atoms with Gasteiger partial charge in [0.25, 0.3) is 0 Å². The van der Waals surface area contributed by atoms with Gasteiger partial charge in [0.15, 0.2) is 0 Å². The lowest BCUT2D eigenvalue weighted by atomic mass is 9.81. The molecule has 1 atom stereocenters. The number of carbonyl (C=O) groups excluding carboxylic acids is 2. The van der Waals surface area contributed by atoms with Crippen LogP contribution in [0, 0.1) is 18.8 Å². The number of likely N-dealkylation sites (tertiary alicyclic amines) is 1. The lowest BCUT2D eigenvalue weighted by Gasteiger charge is -2.38. The van der Waals surface area contributed by atoms with E-state index in [9.17, 15) is 27.9 Å². The SMILES string of the molecule is Cc1ccc(S(=O)(=O)NC(C(=O)N2CCC(C(=O)NC3(C(=O)O)CCCCC3)CC2)C(C)C)cc1. The molecule has 1 unspecified atom stereocenters. The molecule has 10 heteroatoms. The molecule has 194 valence electrons. The van der Waals surface area contributed by atoms with Gasteiger partial charge in [-0.15, -0.1) is 0 Å². The summed E-state index contributed by atoms with van der Waals surface area (Å²) in [5.74, 6) is -2.23. The number of benzene rings is 1. The molecule has 3 rings (SSSR count). The second-order valence-corrected chi connectivity index (χ2v) is 11.9. The Morgan fingerprint density at radius 1 is 1.03 bits per heavy atom. The molecule has 0 aromatic heterocycles. The van der Waals surface area contributed by atoms with Gasteiger partial charge < -0.3 is 15.3 Å². The van der Waals surface area contributed by atoms with Crippen molar-refractivity contribution >= 4 is 27.8 Å². The van der Waals surface area contributed by atoms with Crippen molar-refractivity contribution in [1.29, 1.82) is 0 Å². The quantitative estimate of drug-likeness (QED) is 0.495. The molecule has 9 nitrogen and oxygen atoms in total. The molecule has 1 saturated carbocycles. The fourth-order valence-corrected chi connectivity index (χ4v) is 6.21. The molecule has 0 spiro atoms. The number of hydrogen-bond donors (Lipinski definition) is 3. The van der Waals surface area contributed by atoms with Crippen LogP contribution < -0.4 is 10.0 Å². The molecule has 1 saturated heterocycles. The first-order valence-corrected chi connectivity index (χ1v) is 13.9. The van der Waals surface area contributed by atoms with Gasteiger partial charge in [-0.3, -0.25) is 9.59 Å². The highest BCUT2D eigenvalue weighted by atomic mass is 32.2. The van der Waals surface area contributed by atoms with Crippen molar-refractivity contribution in [1.82, 2.24) is 14.9 Å². The number of carbonyl (C=O) groups is 3. The lowest BCUT2D eigenvalue weighted by molar-refractivity contribution is -0.150. The number of hydrogen-bond acceptors (Lipinski definition) is 5. The summed E-state index contributed by atoms with van der Waals surface area (Å²) in [6.45, 7) is 6.07. The van der Waals surface area contributed by atoms with Gasteiger partial charge in [0.2, 0.25) is 21.8 Å². The molecule has 1 aromatic rings. The fraction of sp³-hybridized carbons (Fsp3) is 0.640. The van der Waals surface area contributed by atoms with Crippen molar-refractivity contribution in [2.75, 3.05) is 13.1 Å². The molecule has 2 amide bonds. The fourth-order valence-electron chi connectivity index (χ4n) is 4.87. The molecule has 2 fully saturated rings. The molecule has 3 N–H and O–H groups in total. The summed E-state index contributed by atoms with van der Waals surface area (Å²) in [4.78, 5) is 39.7. The number of piperidine rings is 1. The lowest BCUT2D eigenvalue weighted by Crippen LogP contribution is -2.58. The Hall–Kier alpha value is -2.46. The van der Waals surface area contributed by atoms with Crippen molar-refractivity contribution in [2.45, 2.75) is 82.2 Å². The highest BCUT2D eigenvalue weighted by Crippen LogP contribution is 2.30. The Labute approximate surface area is 207 Å². The molecule has 1 heterocycles. The molecule has 1 aromatic carbocycles. The maximum absolute atomic E-state index is 13.3. The number of nitrogens with one attached hydrogen (secondary N) is 2. The minimum atomic E-state index is -3.88. The first-order chi connectivity index (χ1) is 16.4. The predicted molar refractivity (Wildman–Crippen MR) is 131 cm³/mol. The standard InChI is InChI=1S/C25H37N3O6S/c1-17(2)21(27-35(33,34)20-9-7-18(3)8-10-20)23(30)28-15-11-19(12-16-28)22(29)26-25(24(31)32)13-5-4-6-14-25/h7-10,17,19,21,27H,4-6,11-16H2,1-3H3,(H,26,29)(H,31,32). The van der Waals surface area contributed by atoms with Gasteiger partial charge in [0.05, 0.1) is 4.90 Å². The van der Waals surface area contributed by atoms with Crippen molar-refractivity contribution in [3.05, 3.63) is 29.8 Å². The molecular formula is C25H37N3O6S. The maximum atomic E-state index is 13.3. The van der Waals surface area contributed by atoms with E-state index in [4.69, 9.17) is 0 Å². The van der Waals surface area contributed by atoms with E-state index >= 15 is 0 Å². The van der Waals surface area contributed by atoms with E-state index in [1.807, 2.05) is 6.92 Å². The summed E-state index contributed by atoms with van der Waals surface area (Å²) >= 11 is 0. The maximum Gasteiger partial charge on any atom is 0.329 e. The highest BCUT2D eigenvalue weighted by Gasteiger charge is 2.43. The van der Waals surface area contributed by atoms with Crippen LogP contribution in [0.15, 0.2) is 29.2 Å². The topological polar surface area (TPSA) is 133 Å². The molecular weight excluding hydrogens is 470 g/mol. The Morgan fingerprint density at radius 3 is 2.11 bits per heavy atom. The van der Waals surface area contributed by atoms with Gasteiger partial charge in [-0.2, -0.15) is 4.72 Å². The first kappa shape index (κ1) is 27.1. The van der Waals surface area contributed by atoms with Gasteiger partial charge in [-0.05, 0) is 50.7 Å². The number of carboxylic acid groups (broad SMARTS) is 1. The van der Waals surface area contributed by atoms with Crippen LogP contribution in [0.2, 0.25) is 0 Å². The van der Waals surface area contributed by atoms with Crippen LogP contribution in [0.5, 0.6) is 0 Å². The molecule has 1 aliphatic carbocycles. The third-order valence-corrected chi connectivity index (χ3v) is 8.66. The van der Waals surface area contributed by atoms with Crippen LogP contribution in [0.3, 0.4) is 0 Å². The molecule has 1 aliphatic heterocycles.